The summed E-state index contributed by atoms with van der Waals surface area (Å²) >= 11 is 0. The molecule has 0 spiro atoms. The summed E-state index contributed by atoms with van der Waals surface area (Å²) < 4.78 is 33.4. The van der Waals surface area contributed by atoms with Crippen LogP contribution in [0.3, 0.4) is 0 Å². The van der Waals surface area contributed by atoms with Crippen LogP contribution < -0.4 is 0 Å². The Morgan fingerprint density at radius 1 is 1.22 bits per heavy atom. The lowest BCUT2D eigenvalue weighted by Crippen LogP contribution is -2.27. The highest BCUT2D eigenvalue weighted by atomic mass is 32.2. The third kappa shape index (κ3) is 3.11. The molecule has 0 saturated carbocycles. The van der Waals surface area contributed by atoms with Gasteiger partial charge in [-0.1, -0.05) is 0 Å². The first-order valence-electron chi connectivity index (χ1n) is 7.77. The van der Waals surface area contributed by atoms with Gasteiger partial charge in [0, 0.05) is 30.2 Å². The minimum Gasteiger partial charge on any atom is -0.465 e. The van der Waals surface area contributed by atoms with Crippen molar-refractivity contribution in [1.82, 2.24) is 8.87 Å². The van der Waals surface area contributed by atoms with Crippen molar-refractivity contribution in [3.05, 3.63) is 30.5 Å². The van der Waals surface area contributed by atoms with E-state index in [4.69, 9.17) is 4.74 Å². The zero-order valence-electron chi connectivity index (χ0n) is 13.1. The summed E-state index contributed by atoms with van der Waals surface area (Å²) in [6, 6.07) is 6.84. The van der Waals surface area contributed by atoms with Crippen molar-refractivity contribution in [2.45, 2.75) is 31.2 Å². The SMILES string of the molecule is CCOC(=O)Cn1ccc2cc(S(=O)(=O)N3CCCC3)ccc21. The highest BCUT2D eigenvalue weighted by molar-refractivity contribution is 7.89. The first kappa shape index (κ1) is 16.0. The fourth-order valence-electron chi connectivity index (χ4n) is 2.90. The van der Waals surface area contributed by atoms with Gasteiger partial charge in [0.2, 0.25) is 10.0 Å². The van der Waals surface area contributed by atoms with E-state index in [0.717, 1.165) is 23.7 Å². The molecule has 0 bridgehead atoms. The first-order valence-corrected chi connectivity index (χ1v) is 9.21. The smallest absolute Gasteiger partial charge is 0.325 e. The molecule has 6 nitrogen and oxygen atoms in total. The number of hydrogen-bond acceptors (Lipinski definition) is 4. The van der Waals surface area contributed by atoms with E-state index in [1.807, 2.05) is 6.07 Å². The molecule has 1 aliphatic heterocycles. The first-order chi connectivity index (χ1) is 11.0. The number of esters is 1. The number of rotatable bonds is 5. The van der Waals surface area contributed by atoms with Gasteiger partial charge in [0.25, 0.3) is 0 Å². The Labute approximate surface area is 135 Å². The molecule has 0 unspecified atom stereocenters. The maximum atomic E-state index is 12.6. The number of sulfonamides is 1. The van der Waals surface area contributed by atoms with E-state index in [1.165, 1.54) is 4.31 Å². The Balaban J connectivity index is 1.90. The molecule has 7 heteroatoms. The van der Waals surface area contributed by atoms with Crippen LogP contribution in [0.25, 0.3) is 10.9 Å². The van der Waals surface area contributed by atoms with Crippen LogP contribution in [0.5, 0.6) is 0 Å². The van der Waals surface area contributed by atoms with Gasteiger partial charge >= 0.3 is 5.97 Å². The van der Waals surface area contributed by atoms with Gasteiger partial charge in [-0.15, -0.1) is 0 Å². The molecule has 0 radical (unpaired) electrons. The van der Waals surface area contributed by atoms with Gasteiger partial charge in [0.1, 0.15) is 6.54 Å². The average molecular weight is 336 g/mol. The Hall–Kier alpha value is -1.86. The predicted molar refractivity (Wildman–Crippen MR) is 86.6 cm³/mol. The van der Waals surface area contributed by atoms with Gasteiger partial charge in [-0.05, 0) is 44.0 Å². The molecule has 1 aromatic heterocycles. The predicted octanol–water partition coefficient (Wildman–Crippen LogP) is 1.99. The van der Waals surface area contributed by atoms with E-state index in [0.29, 0.717) is 24.6 Å². The normalized spacial score (nSPS) is 16.0. The number of nitrogens with zero attached hydrogens (tertiary/aromatic N) is 2. The van der Waals surface area contributed by atoms with E-state index in [9.17, 15) is 13.2 Å². The molecule has 0 atom stereocenters. The van der Waals surface area contributed by atoms with Crippen LogP contribution in [-0.4, -0.2) is 43.0 Å². The molecule has 0 N–H and O–H groups in total. The van der Waals surface area contributed by atoms with E-state index < -0.39 is 10.0 Å². The summed E-state index contributed by atoms with van der Waals surface area (Å²) in [5.41, 5.74) is 0.818. The maximum Gasteiger partial charge on any atom is 0.325 e. The van der Waals surface area contributed by atoms with E-state index >= 15 is 0 Å². The summed E-state index contributed by atoms with van der Waals surface area (Å²) in [7, 11) is -3.42. The van der Waals surface area contributed by atoms with Gasteiger partial charge in [-0.2, -0.15) is 4.31 Å². The minimum absolute atomic E-state index is 0.121. The second-order valence-corrected chi connectivity index (χ2v) is 7.52. The second-order valence-electron chi connectivity index (χ2n) is 5.58. The third-order valence-electron chi connectivity index (χ3n) is 4.05. The number of aromatic nitrogens is 1. The molecule has 23 heavy (non-hydrogen) atoms. The topological polar surface area (TPSA) is 68.6 Å². The summed E-state index contributed by atoms with van der Waals surface area (Å²) in [5, 5.41) is 0.801. The summed E-state index contributed by atoms with van der Waals surface area (Å²) in [4.78, 5) is 11.9. The molecule has 1 saturated heterocycles. The van der Waals surface area contributed by atoms with Gasteiger partial charge in [0.05, 0.1) is 11.5 Å². The molecule has 1 aliphatic rings. The van der Waals surface area contributed by atoms with Crippen molar-refractivity contribution in [2.24, 2.45) is 0 Å². The van der Waals surface area contributed by atoms with E-state index in [-0.39, 0.29) is 12.5 Å². The standard InChI is InChI=1S/C16H20N2O4S/c1-2-22-16(19)12-17-10-7-13-11-14(5-6-15(13)17)23(20,21)18-8-3-4-9-18/h5-7,10-11H,2-4,8-9,12H2,1H3. The number of carbonyl (C=O) groups is 1. The Morgan fingerprint density at radius 3 is 2.65 bits per heavy atom. The largest absolute Gasteiger partial charge is 0.465 e. The molecule has 0 amide bonds. The highest BCUT2D eigenvalue weighted by Gasteiger charge is 2.27. The van der Waals surface area contributed by atoms with Crippen LogP contribution in [-0.2, 0) is 26.1 Å². The summed E-state index contributed by atoms with van der Waals surface area (Å²) in [6.45, 7) is 3.40. The molecular weight excluding hydrogens is 316 g/mol. The van der Waals surface area contributed by atoms with Crippen LogP contribution in [0, 0.1) is 0 Å². The number of carbonyl (C=O) groups excluding carboxylic acids is 1. The van der Waals surface area contributed by atoms with Crippen LogP contribution in [0.1, 0.15) is 19.8 Å². The number of hydrogen-bond donors (Lipinski definition) is 0. The molecule has 2 heterocycles. The average Bonchev–Trinajstić information content (AvgIpc) is 3.17. The lowest BCUT2D eigenvalue weighted by molar-refractivity contribution is -0.143. The molecule has 3 rings (SSSR count). The molecule has 124 valence electrons. The molecule has 0 aliphatic carbocycles. The zero-order valence-corrected chi connectivity index (χ0v) is 13.9. The third-order valence-corrected chi connectivity index (χ3v) is 5.94. The van der Waals surface area contributed by atoms with Crippen molar-refractivity contribution in [1.29, 1.82) is 0 Å². The second kappa shape index (κ2) is 6.33. The molecule has 1 aromatic carbocycles. The number of benzene rings is 1. The van der Waals surface area contributed by atoms with Crippen molar-refractivity contribution in [3.8, 4) is 0 Å². The molecule has 2 aromatic rings. The van der Waals surface area contributed by atoms with Crippen molar-refractivity contribution in [3.63, 3.8) is 0 Å². The van der Waals surface area contributed by atoms with Crippen LogP contribution in [0.4, 0.5) is 0 Å². The van der Waals surface area contributed by atoms with Gasteiger partial charge < -0.3 is 9.30 Å². The van der Waals surface area contributed by atoms with Crippen LogP contribution in [0.15, 0.2) is 35.4 Å². The quantitative estimate of drug-likeness (QED) is 0.783. The van der Waals surface area contributed by atoms with Crippen molar-refractivity contribution in [2.75, 3.05) is 19.7 Å². The van der Waals surface area contributed by atoms with Crippen molar-refractivity contribution >= 4 is 26.9 Å². The Morgan fingerprint density at radius 2 is 1.96 bits per heavy atom. The Kier molecular flexibility index (Phi) is 4.41. The van der Waals surface area contributed by atoms with Crippen LogP contribution >= 0.6 is 0 Å². The molecular formula is C16H20N2O4S. The van der Waals surface area contributed by atoms with E-state index in [1.54, 1.807) is 35.9 Å². The maximum absolute atomic E-state index is 12.6. The number of fused-ring (bicyclic) bond motifs is 1. The number of ether oxygens (including phenoxy) is 1. The minimum atomic E-state index is -3.42. The molecule has 1 fully saturated rings. The van der Waals surface area contributed by atoms with Gasteiger partial charge in [-0.25, -0.2) is 8.42 Å². The zero-order chi connectivity index (χ0) is 16.4. The summed E-state index contributed by atoms with van der Waals surface area (Å²) in [5.74, 6) is -0.307. The van der Waals surface area contributed by atoms with Gasteiger partial charge in [-0.3, -0.25) is 4.79 Å². The summed E-state index contributed by atoms with van der Waals surface area (Å²) in [6.07, 6.45) is 3.60. The fourth-order valence-corrected chi connectivity index (χ4v) is 4.45. The Bertz CT molecular complexity index is 820. The van der Waals surface area contributed by atoms with Crippen molar-refractivity contribution < 1.29 is 17.9 Å². The van der Waals surface area contributed by atoms with E-state index in [2.05, 4.69) is 0 Å². The fraction of sp³-hybridized carbons (Fsp3) is 0.438. The lowest BCUT2D eigenvalue weighted by atomic mass is 10.2. The lowest BCUT2D eigenvalue weighted by Gasteiger charge is -2.15. The van der Waals surface area contributed by atoms with Crippen LogP contribution in [0.2, 0.25) is 0 Å². The van der Waals surface area contributed by atoms with Gasteiger partial charge in [0.15, 0.2) is 0 Å². The highest BCUT2D eigenvalue weighted by Crippen LogP contribution is 2.25. The monoisotopic (exact) mass is 336 g/mol.